The van der Waals surface area contributed by atoms with Crippen LogP contribution in [0.4, 0.5) is 15.6 Å². The number of hydrogen-bond acceptors (Lipinski definition) is 5. The second kappa shape index (κ2) is 9.78. The predicted molar refractivity (Wildman–Crippen MR) is 123 cm³/mol. The van der Waals surface area contributed by atoms with Crippen LogP contribution in [-0.4, -0.2) is 54.5 Å². The summed E-state index contributed by atoms with van der Waals surface area (Å²) >= 11 is 4.93. The number of amides is 3. The fraction of sp³-hybridized carbons (Fsp3) is 0.476. The van der Waals surface area contributed by atoms with Crippen molar-refractivity contribution >= 4 is 50.0 Å². The minimum absolute atomic E-state index is 0.0529. The number of hydrogen-bond donors (Lipinski definition) is 2. The molecule has 9 heteroatoms. The average molecular weight is 492 g/mol. The van der Waals surface area contributed by atoms with Crippen molar-refractivity contribution in [3.8, 4) is 0 Å². The number of nitrogens with one attached hydrogen (secondary N) is 2. The van der Waals surface area contributed by atoms with Crippen LogP contribution < -0.4 is 15.5 Å². The standard InChI is InChI=1S/C21H26BrN5O2S/c22-17-4-1-5-18(11-17)26-9-6-15(13-26)12-24-21(29)27-8-2-3-16(14-27)19(28)25-20-23-7-10-30-20/h1,4-5,7,10-11,15-16H,2-3,6,8-9,12-14H2,(H,24,29)(H,23,25,28)/t15-,16+/m1/s1. The van der Waals surface area contributed by atoms with E-state index in [2.05, 4.69) is 48.6 Å². The number of nitrogens with zero attached hydrogens (tertiary/aromatic N) is 3. The first-order valence-electron chi connectivity index (χ1n) is 10.3. The van der Waals surface area contributed by atoms with Crippen LogP contribution in [0, 0.1) is 11.8 Å². The molecule has 4 rings (SSSR count). The Morgan fingerprint density at radius 2 is 2.13 bits per heavy atom. The van der Waals surface area contributed by atoms with Gasteiger partial charge in [0.1, 0.15) is 0 Å². The van der Waals surface area contributed by atoms with E-state index in [0.29, 0.717) is 30.7 Å². The monoisotopic (exact) mass is 491 g/mol. The van der Waals surface area contributed by atoms with Gasteiger partial charge in [-0.3, -0.25) is 4.79 Å². The molecule has 2 aliphatic rings. The second-order valence-electron chi connectivity index (χ2n) is 7.88. The minimum Gasteiger partial charge on any atom is -0.371 e. The second-order valence-corrected chi connectivity index (χ2v) is 9.69. The largest absolute Gasteiger partial charge is 0.371 e. The predicted octanol–water partition coefficient (Wildman–Crippen LogP) is 3.79. The molecule has 0 bridgehead atoms. The smallest absolute Gasteiger partial charge is 0.317 e. The molecule has 2 saturated heterocycles. The third kappa shape index (κ3) is 5.31. The average Bonchev–Trinajstić information content (AvgIpc) is 3.44. The maximum Gasteiger partial charge on any atom is 0.317 e. The lowest BCUT2D eigenvalue weighted by atomic mass is 9.97. The van der Waals surface area contributed by atoms with Crippen LogP contribution in [0.3, 0.4) is 0 Å². The summed E-state index contributed by atoms with van der Waals surface area (Å²) in [6, 6.07) is 8.26. The van der Waals surface area contributed by atoms with Crippen molar-refractivity contribution in [3.05, 3.63) is 40.3 Å². The van der Waals surface area contributed by atoms with E-state index < -0.39 is 0 Å². The van der Waals surface area contributed by atoms with E-state index in [1.165, 1.54) is 17.0 Å². The molecule has 7 nitrogen and oxygen atoms in total. The Labute approximate surface area is 189 Å². The maximum atomic E-state index is 12.7. The molecule has 0 aliphatic carbocycles. The summed E-state index contributed by atoms with van der Waals surface area (Å²) in [5.41, 5.74) is 1.21. The Kier molecular flexibility index (Phi) is 6.89. The number of anilines is 2. The van der Waals surface area contributed by atoms with Gasteiger partial charge in [0.15, 0.2) is 5.13 Å². The van der Waals surface area contributed by atoms with Gasteiger partial charge in [0.05, 0.1) is 5.92 Å². The Hall–Kier alpha value is -2.13. The van der Waals surface area contributed by atoms with Crippen molar-refractivity contribution in [2.45, 2.75) is 19.3 Å². The molecule has 0 spiro atoms. The van der Waals surface area contributed by atoms with Gasteiger partial charge in [-0.15, -0.1) is 11.3 Å². The lowest BCUT2D eigenvalue weighted by molar-refractivity contribution is -0.121. The molecule has 2 atom stereocenters. The van der Waals surface area contributed by atoms with E-state index in [1.54, 1.807) is 11.1 Å². The number of aromatic nitrogens is 1. The number of carbonyl (C=O) groups excluding carboxylic acids is 2. The van der Waals surface area contributed by atoms with Crippen LogP contribution in [0.15, 0.2) is 40.3 Å². The Morgan fingerprint density at radius 1 is 1.23 bits per heavy atom. The highest BCUT2D eigenvalue weighted by molar-refractivity contribution is 9.10. The van der Waals surface area contributed by atoms with Gasteiger partial charge in [-0.05, 0) is 43.4 Å². The summed E-state index contributed by atoms with van der Waals surface area (Å²) in [7, 11) is 0. The summed E-state index contributed by atoms with van der Waals surface area (Å²) in [5, 5.41) is 8.38. The fourth-order valence-electron chi connectivity index (χ4n) is 4.12. The van der Waals surface area contributed by atoms with Crippen molar-refractivity contribution in [1.82, 2.24) is 15.2 Å². The minimum atomic E-state index is -0.188. The lowest BCUT2D eigenvalue weighted by Gasteiger charge is -2.32. The summed E-state index contributed by atoms with van der Waals surface area (Å²) in [6.45, 7) is 3.75. The van der Waals surface area contributed by atoms with E-state index in [4.69, 9.17) is 0 Å². The Balaban J connectivity index is 1.23. The summed E-state index contributed by atoms with van der Waals surface area (Å²) in [5.74, 6) is 0.191. The van der Waals surface area contributed by atoms with Gasteiger partial charge in [0.2, 0.25) is 5.91 Å². The maximum absolute atomic E-state index is 12.7. The molecule has 1 aromatic heterocycles. The molecule has 2 aromatic rings. The van der Waals surface area contributed by atoms with Crippen molar-refractivity contribution in [2.75, 3.05) is 42.9 Å². The van der Waals surface area contributed by atoms with Crippen LogP contribution >= 0.6 is 27.3 Å². The number of likely N-dealkylation sites (tertiary alicyclic amines) is 1. The Bertz CT molecular complexity index is 878. The summed E-state index contributed by atoms with van der Waals surface area (Å²) in [6.07, 6.45) is 4.36. The molecule has 0 unspecified atom stereocenters. The number of thiazole rings is 1. The highest BCUT2D eigenvalue weighted by atomic mass is 79.9. The first-order valence-corrected chi connectivity index (χ1v) is 12.0. The van der Waals surface area contributed by atoms with E-state index in [0.717, 1.165) is 36.8 Å². The van der Waals surface area contributed by atoms with Gasteiger partial charge < -0.3 is 20.4 Å². The molecular weight excluding hydrogens is 466 g/mol. The molecule has 2 N–H and O–H groups in total. The molecule has 1 aromatic carbocycles. The van der Waals surface area contributed by atoms with Crippen LogP contribution in [0.5, 0.6) is 0 Å². The van der Waals surface area contributed by atoms with Crippen molar-refractivity contribution in [1.29, 1.82) is 0 Å². The van der Waals surface area contributed by atoms with Gasteiger partial charge in [-0.2, -0.15) is 0 Å². The topological polar surface area (TPSA) is 77.6 Å². The third-order valence-electron chi connectivity index (χ3n) is 5.74. The van der Waals surface area contributed by atoms with Crippen LogP contribution in [-0.2, 0) is 4.79 Å². The molecule has 2 aliphatic heterocycles. The van der Waals surface area contributed by atoms with E-state index in [1.807, 2.05) is 17.5 Å². The number of benzene rings is 1. The number of piperidine rings is 1. The number of halogens is 1. The summed E-state index contributed by atoms with van der Waals surface area (Å²) < 4.78 is 1.08. The quantitative estimate of drug-likeness (QED) is 0.666. The molecule has 30 heavy (non-hydrogen) atoms. The van der Waals surface area contributed by atoms with Crippen molar-refractivity contribution in [3.63, 3.8) is 0 Å². The van der Waals surface area contributed by atoms with E-state index in [-0.39, 0.29) is 17.9 Å². The highest BCUT2D eigenvalue weighted by Gasteiger charge is 2.30. The normalized spacial score (nSPS) is 21.5. The first kappa shape index (κ1) is 21.1. The molecular formula is C21H26BrN5O2S. The van der Waals surface area contributed by atoms with Gasteiger partial charge in [-0.1, -0.05) is 22.0 Å². The molecule has 160 valence electrons. The van der Waals surface area contributed by atoms with Crippen molar-refractivity contribution in [2.24, 2.45) is 11.8 Å². The zero-order valence-corrected chi connectivity index (χ0v) is 19.1. The van der Waals surface area contributed by atoms with Crippen molar-refractivity contribution < 1.29 is 9.59 Å². The van der Waals surface area contributed by atoms with Gasteiger partial charge in [0.25, 0.3) is 0 Å². The Morgan fingerprint density at radius 3 is 2.93 bits per heavy atom. The lowest BCUT2D eigenvalue weighted by Crippen LogP contribution is -2.48. The zero-order valence-electron chi connectivity index (χ0n) is 16.7. The first-order chi connectivity index (χ1) is 14.6. The van der Waals surface area contributed by atoms with Gasteiger partial charge in [-0.25, -0.2) is 9.78 Å². The zero-order chi connectivity index (χ0) is 20.9. The number of urea groups is 1. The number of carbonyl (C=O) groups is 2. The van der Waals surface area contributed by atoms with E-state index in [9.17, 15) is 9.59 Å². The fourth-order valence-corrected chi connectivity index (χ4v) is 5.04. The molecule has 2 fully saturated rings. The third-order valence-corrected chi connectivity index (χ3v) is 6.92. The van der Waals surface area contributed by atoms with Crippen LogP contribution in [0.2, 0.25) is 0 Å². The van der Waals surface area contributed by atoms with E-state index >= 15 is 0 Å². The molecule has 0 saturated carbocycles. The van der Waals surface area contributed by atoms with Crippen LogP contribution in [0.1, 0.15) is 19.3 Å². The van der Waals surface area contributed by atoms with Gasteiger partial charge >= 0.3 is 6.03 Å². The summed E-state index contributed by atoms with van der Waals surface area (Å²) in [4.78, 5) is 33.4. The molecule has 0 radical (unpaired) electrons. The molecule has 3 heterocycles. The number of rotatable bonds is 5. The molecule has 3 amide bonds. The van der Waals surface area contributed by atoms with Gasteiger partial charge in [0, 0.05) is 54.5 Å². The highest BCUT2D eigenvalue weighted by Crippen LogP contribution is 2.26. The SMILES string of the molecule is O=C(Nc1nccs1)[C@H]1CCCN(C(=O)NC[C@H]2CCN(c3cccc(Br)c3)C2)C1. The van der Waals surface area contributed by atoms with Crippen LogP contribution in [0.25, 0.3) is 0 Å².